The molecule has 5 nitrogen and oxygen atoms in total. The normalized spacial score (nSPS) is 10.9. The molecule has 0 unspecified atom stereocenters. The predicted molar refractivity (Wildman–Crippen MR) is 119 cm³/mol. The molecule has 3 aromatic carbocycles. The second-order valence-corrected chi connectivity index (χ2v) is 7.69. The van der Waals surface area contributed by atoms with Crippen molar-refractivity contribution in [3.8, 4) is 21.8 Å². The molecule has 1 amide bonds. The zero-order valence-corrected chi connectivity index (χ0v) is 16.7. The van der Waals surface area contributed by atoms with Crippen LogP contribution in [-0.4, -0.2) is 16.0 Å². The Labute approximate surface area is 177 Å². The fourth-order valence-electron chi connectivity index (χ4n) is 3.30. The monoisotopic (exact) mass is 411 g/mol. The van der Waals surface area contributed by atoms with Gasteiger partial charge in [0, 0.05) is 27.6 Å². The first-order valence-electron chi connectivity index (χ1n) is 9.51. The lowest BCUT2D eigenvalue weighted by molar-refractivity contribution is -0.115. The highest BCUT2D eigenvalue weighted by Crippen LogP contribution is 2.30. The zero-order chi connectivity index (χ0) is 20.3. The number of carbonyl (C=O) groups is 1. The van der Waals surface area contributed by atoms with E-state index in [1.807, 2.05) is 84.2 Å². The molecule has 5 aromatic rings. The van der Waals surface area contributed by atoms with Gasteiger partial charge >= 0.3 is 0 Å². The number of hydrogen-bond acceptors (Lipinski definition) is 5. The number of rotatable bonds is 5. The maximum Gasteiger partial charge on any atom is 0.230 e. The molecule has 0 fully saturated rings. The van der Waals surface area contributed by atoms with Crippen molar-refractivity contribution in [1.82, 2.24) is 10.1 Å². The van der Waals surface area contributed by atoms with Gasteiger partial charge in [-0.2, -0.15) is 0 Å². The molecular formula is C24H17N3O2S. The van der Waals surface area contributed by atoms with Crippen molar-refractivity contribution in [3.63, 3.8) is 0 Å². The van der Waals surface area contributed by atoms with Crippen molar-refractivity contribution < 1.29 is 9.32 Å². The fourth-order valence-corrected chi connectivity index (χ4v) is 4.13. The molecule has 0 saturated carbocycles. The Hall–Kier alpha value is -3.77. The van der Waals surface area contributed by atoms with E-state index < -0.39 is 0 Å². The van der Waals surface area contributed by atoms with Crippen LogP contribution in [-0.2, 0) is 11.2 Å². The quantitative estimate of drug-likeness (QED) is 0.397. The van der Waals surface area contributed by atoms with E-state index in [1.54, 1.807) is 11.3 Å². The van der Waals surface area contributed by atoms with Gasteiger partial charge in [0.1, 0.15) is 10.7 Å². The van der Waals surface area contributed by atoms with Crippen LogP contribution in [0.1, 0.15) is 5.69 Å². The molecule has 2 aromatic heterocycles. The Bertz CT molecular complexity index is 1320. The molecule has 0 bridgehead atoms. The summed E-state index contributed by atoms with van der Waals surface area (Å²) in [6.07, 6.45) is 0.149. The number of amides is 1. The molecule has 0 spiro atoms. The third kappa shape index (κ3) is 3.73. The van der Waals surface area contributed by atoms with Crippen LogP contribution in [0.25, 0.3) is 32.8 Å². The van der Waals surface area contributed by atoms with E-state index in [9.17, 15) is 4.79 Å². The summed E-state index contributed by atoms with van der Waals surface area (Å²) in [5, 5.41) is 10.8. The summed E-state index contributed by atoms with van der Waals surface area (Å²) >= 11 is 1.60. The largest absolute Gasteiger partial charge is 0.356 e. The van der Waals surface area contributed by atoms with Crippen LogP contribution in [0.5, 0.6) is 0 Å². The minimum Gasteiger partial charge on any atom is -0.356 e. The topological polar surface area (TPSA) is 68.0 Å². The average molecular weight is 411 g/mol. The second-order valence-electron chi connectivity index (χ2n) is 6.84. The maximum atomic E-state index is 12.6. The Morgan fingerprint density at radius 1 is 0.933 bits per heavy atom. The van der Waals surface area contributed by atoms with E-state index in [1.165, 1.54) is 0 Å². The van der Waals surface area contributed by atoms with Gasteiger partial charge in [0.25, 0.3) is 0 Å². The SMILES string of the molecule is O=C(Cc1noc2ccccc12)Nc1cccc(-c2csc(-c3ccccc3)n2)c1. The van der Waals surface area contributed by atoms with E-state index in [4.69, 9.17) is 9.51 Å². The number of nitrogens with one attached hydrogen (secondary N) is 1. The summed E-state index contributed by atoms with van der Waals surface area (Å²) in [6.45, 7) is 0. The number of thiazole rings is 1. The summed E-state index contributed by atoms with van der Waals surface area (Å²) in [4.78, 5) is 17.3. The number of carbonyl (C=O) groups excluding carboxylic acids is 1. The van der Waals surface area contributed by atoms with Crippen molar-refractivity contribution in [1.29, 1.82) is 0 Å². The molecule has 1 N–H and O–H groups in total. The molecule has 0 aliphatic rings. The number of aromatic nitrogens is 2. The molecule has 5 rings (SSSR count). The van der Waals surface area contributed by atoms with Crippen LogP contribution in [0.3, 0.4) is 0 Å². The molecular weight excluding hydrogens is 394 g/mol. The number of para-hydroxylation sites is 1. The molecule has 2 heterocycles. The first-order valence-corrected chi connectivity index (χ1v) is 10.4. The van der Waals surface area contributed by atoms with E-state index in [0.29, 0.717) is 11.3 Å². The first kappa shape index (κ1) is 18.3. The van der Waals surface area contributed by atoms with Gasteiger partial charge < -0.3 is 9.84 Å². The molecule has 0 aliphatic heterocycles. The van der Waals surface area contributed by atoms with Gasteiger partial charge in [0.2, 0.25) is 5.91 Å². The van der Waals surface area contributed by atoms with Gasteiger partial charge in [0.05, 0.1) is 12.1 Å². The van der Waals surface area contributed by atoms with Crippen molar-refractivity contribution in [3.05, 3.63) is 89.9 Å². The average Bonchev–Trinajstić information content (AvgIpc) is 3.43. The standard InChI is InChI=1S/C24H17N3O2S/c28-23(14-20-19-11-4-5-12-22(19)29-27-20)25-18-10-6-9-17(13-18)21-15-30-24(26-21)16-7-2-1-3-8-16/h1-13,15H,14H2,(H,25,28). The first-order chi connectivity index (χ1) is 14.8. The van der Waals surface area contributed by atoms with Crippen molar-refractivity contribution in [2.24, 2.45) is 0 Å². The van der Waals surface area contributed by atoms with Crippen LogP contribution in [0.4, 0.5) is 5.69 Å². The highest BCUT2D eigenvalue weighted by molar-refractivity contribution is 7.13. The second kappa shape index (κ2) is 7.93. The van der Waals surface area contributed by atoms with Crippen LogP contribution in [0.15, 0.2) is 88.8 Å². The lowest BCUT2D eigenvalue weighted by Crippen LogP contribution is -2.14. The summed E-state index contributed by atoms with van der Waals surface area (Å²) in [5.74, 6) is -0.144. The van der Waals surface area contributed by atoms with Crippen molar-refractivity contribution in [2.75, 3.05) is 5.32 Å². The maximum absolute atomic E-state index is 12.6. The Balaban J connectivity index is 1.33. The summed E-state index contributed by atoms with van der Waals surface area (Å²) in [5.41, 5.74) is 4.97. The van der Waals surface area contributed by atoms with Crippen molar-refractivity contribution in [2.45, 2.75) is 6.42 Å². The van der Waals surface area contributed by atoms with Gasteiger partial charge in [0.15, 0.2) is 5.58 Å². The molecule has 6 heteroatoms. The van der Waals surface area contributed by atoms with E-state index in [-0.39, 0.29) is 12.3 Å². The lowest BCUT2D eigenvalue weighted by Gasteiger charge is -2.06. The molecule has 0 radical (unpaired) electrons. The molecule has 146 valence electrons. The van der Waals surface area contributed by atoms with Gasteiger partial charge in [-0.3, -0.25) is 4.79 Å². The van der Waals surface area contributed by atoms with Crippen molar-refractivity contribution >= 4 is 33.9 Å². The minimum absolute atomic E-state index is 0.144. The lowest BCUT2D eigenvalue weighted by atomic mass is 10.1. The Kier molecular flexibility index (Phi) is 4.83. The number of benzene rings is 3. The molecule has 30 heavy (non-hydrogen) atoms. The fraction of sp³-hybridized carbons (Fsp3) is 0.0417. The third-order valence-corrected chi connectivity index (χ3v) is 5.64. The van der Waals surface area contributed by atoms with E-state index in [0.717, 1.165) is 32.9 Å². The zero-order valence-electron chi connectivity index (χ0n) is 15.9. The van der Waals surface area contributed by atoms with Crippen LogP contribution in [0.2, 0.25) is 0 Å². The number of nitrogens with zero attached hydrogens (tertiary/aromatic N) is 2. The highest BCUT2D eigenvalue weighted by Gasteiger charge is 2.13. The van der Waals surface area contributed by atoms with Crippen LogP contribution >= 0.6 is 11.3 Å². The molecule has 0 atom stereocenters. The molecule has 0 saturated heterocycles. The van der Waals surface area contributed by atoms with Gasteiger partial charge in [-0.25, -0.2) is 4.98 Å². The summed E-state index contributed by atoms with van der Waals surface area (Å²) < 4.78 is 5.28. The van der Waals surface area contributed by atoms with Gasteiger partial charge in [-0.1, -0.05) is 59.8 Å². The Morgan fingerprint density at radius 3 is 2.63 bits per heavy atom. The van der Waals surface area contributed by atoms with Gasteiger partial charge in [-0.15, -0.1) is 11.3 Å². The van der Waals surface area contributed by atoms with E-state index in [2.05, 4.69) is 10.5 Å². The van der Waals surface area contributed by atoms with Gasteiger partial charge in [-0.05, 0) is 24.3 Å². The highest BCUT2D eigenvalue weighted by atomic mass is 32.1. The number of anilines is 1. The summed E-state index contributed by atoms with van der Waals surface area (Å²) in [6, 6.07) is 25.3. The van der Waals surface area contributed by atoms with Crippen LogP contribution < -0.4 is 5.32 Å². The predicted octanol–water partition coefficient (Wildman–Crippen LogP) is 5.80. The summed E-state index contributed by atoms with van der Waals surface area (Å²) in [7, 11) is 0. The smallest absolute Gasteiger partial charge is 0.230 e. The number of fused-ring (bicyclic) bond motifs is 1. The number of hydrogen-bond donors (Lipinski definition) is 1. The van der Waals surface area contributed by atoms with E-state index >= 15 is 0 Å². The minimum atomic E-state index is -0.144. The molecule has 0 aliphatic carbocycles. The Morgan fingerprint density at radius 2 is 1.73 bits per heavy atom. The van der Waals surface area contributed by atoms with Crippen LogP contribution in [0, 0.1) is 0 Å². The third-order valence-electron chi connectivity index (χ3n) is 4.75.